The van der Waals surface area contributed by atoms with E-state index in [0.717, 1.165) is 24.3 Å². The molecule has 4 nitrogen and oxygen atoms in total. The third kappa shape index (κ3) is 2.60. The molecule has 0 amide bonds. The van der Waals surface area contributed by atoms with Crippen LogP contribution >= 0.6 is 11.8 Å². The lowest BCUT2D eigenvalue weighted by molar-refractivity contribution is 0.183. The Morgan fingerprint density at radius 2 is 2.33 bits per heavy atom. The van der Waals surface area contributed by atoms with Gasteiger partial charge in [-0.15, -0.1) is 11.8 Å². The Labute approximate surface area is 93.6 Å². The molecule has 1 aliphatic carbocycles. The molecule has 1 saturated carbocycles. The van der Waals surface area contributed by atoms with Crippen molar-refractivity contribution in [1.82, 2.24) is 9.97 Å². The number of hydrogen-bond donors (Lipinski definition) is 1. The predicted molar refractivity (Wildman–Crippen MR) is 60.1 cm³/mol. The van der Waals surface area contributed by atoms with E-state index in [2.05, 4.69) is 9.97 Å². The quantitative estimate of drug-likeness (QED) is 0.623. The minimum absolute atomic E-state index is 0.120. The van der Waals surface area contributed by atoms with Crippen LogP contribution in [0.5, 0.6) is 5.88 Å². The van der Waals surface area contributed by atoms with Crippen LogP contribution in [0.3, 0.4) is 0 Å². The van der Waals surface area contributed by atoms with E-state index in [1.807, 2.05) is 12.3 Å². The molecule has 0 aliphatic heterocycles. The van der Waals surface area contributed by atoms with Gasteiger partial charge in [-0.25, -0.2) is 9.97 Å². The molecular weight excluding hydrogens is 210 g/mol. The lowest BCUT2D eigenvalue weighted by atomic mass is 10.2. The van der Waals surface area contributed by atoms with Crippen molar-refractivity contribution in [3.8, 4) is 5.88 Å². The summed E-state index contributed by atoms with van der Waals surface area (Å²) in [5, 5.41) is 0.923. The topological polar surface area (TPSA) is 61.0 Å². The Morgan fingerprint density at radius 3 is 3.00 bits per heavy atom. The number of aromatic nitrogens is 2. The summed E-state index contributed by atoms with van der Waals surface area (Å²) in [6.45, 7) is 0. The van der Waals surface area contributed by atoms with Gasteiger partial charge in [0, 0.05) is 12.1 Å². The van der Waals surface area contributed by atoms with E-state index in [0.29, 0.717) is 5.88 Å². The van der Waals surface area contributed by atoms with Crippen molar-refractivity contribution in [1.29, 1.82) is 0 Å². The molecule has 2 atom stereocenters. The highest BCUT2D eigenvalue weighted by molar-refractivity contribution is 7.98. The Morgan fingerprint density at radius 1 is 1.47 bits per heavy atom. The van der Waals surface area contributed by atoms with Crippen molar-refractivity contribution in [2.45, 2.75) is 36.4 Å². The summed E-state index contributed by atoms with van der Waals surface area (Å²) < 4.78 is 5.74. The Kier molecular flexibility index (Phi) is 3.43. The molecule has 1 fully saturated rings. The first-order valence-corrected chi connectivity index (χ1v) is 6.30. The fraction of sp³-hybridized carbons (Fsp3) is 0.600. The average Bonchev–Trinajstić information content (AvgIpc) is 2.65. The van der Waals surface area contributed by atoms with Gasteiger partial charge in [0.1, 0.15) is 17.5 Å². The second-order valence-electron chi connectivity index (χ2n) is 3.65. The average molecular weight is 225 g/mol. The van der Waals surface area contributed by atoms with E-state index in [-0.39, 0.29) is 12.1 Å². The van der Waals surface area contributed by atoms with Crippen LogP contribution in [0.1, 0.15) is 19.3 Å². The minimum atomic E-state index is 0.120. The summed E-state index contributed by atoms with van der Waals surface area (Å²) in [4.78, 5) is 8.18. The zero-order valence-electron chi connectivity index (χ0n) is 8.72. The number of nitrogens with two attached hydrogens (primary N) is 1. The summed E-state index contributed by atoms with van der Waals surface area (Å²) >= 11 is 1.58. The Bertz CT molecular complexity index is 334. The first-order valence-electron chi connectivity index (χ1n) is 5.08. The van der Waals surface area contributed by atoms with Crippen molar-refractivity contribution in [3.63, 3.8) is 0 Å². The number of ether oxygens (including phenoxy) is 1. The predicted octanol–water partition coefficient (Wildman–Crippen LogP) is 1.46. The maximum Gasteiger partial charge on any atom is 0.217 e. The smallest absolute Gasteiger partial charge is 0.217 e. The maximum atomic E-state index is 5.92. The van der Waals surface area contributed by atoms with Crippen molar-refractivity contribution < 1.29 is 4.74 Å². The van der Waals surface area contributed by atoms with Crippen LogP contribution in [0.4, 0.5) is 0 Å². The molecule has 0 radical (unpaired) electrons. The molecule has 1 aliphatic rings. The second-order valence-corrected chi connectivity index (χ2v) is 4.48. The summed E-state index contributed by atoms with van der Waals surface area (Å²) in [5.74, 6) is 0.636. The molecule has 2 rings (SSSR count). The molecule has 0 spiro atoms. The van der Waals surface area contributed by atoms with Crippen molar-refractivity contribution in [2.24, 2.45) is 5.73 Å². The molecule has 2 N–H and O–H groups in total. The molecule has 15 heavy (non-hydrogen) atoms. The summed E-state index contributed by atoms with van der Waals surface area (Å²) in [5.41, 5.74) is 5.92. The van der Waals surface area contributed by atoms with E-state index >= 15 is 0 Å². The largest absolute Gasteiger partial charge is 0.473 e. The van der Waals surface area contributed by atoms with Gasteiger partial charge in [0.05, 0.1) is 0 Å². The first-order chi connectivity index (χ1) is 7.29. The first kappa shape index (κ1) is 10.7. The van der Waals surface area contributed by atoms with E-state index < -0.39 is 0 Å². The van der Waals surface area contributed by atoms with Crippen molar-refractivity contribution >= 4 is 11.8 Å². The van der Waals surface area contributed by atoms with Crippen LogP contribution in [0.2, 0.25) is 0 Å². The maximum absolute atomic E-state index is 5.92. The summed E-state index contributed by atoms with van der Waals surface area (Å²) in [6, 6.07) is 2.01. The standard InChI is InChI=1S/C10H15N3OS/c1-15-10-5-9(12-6-13-10)14-8-4-2-3-7(8)11/h5-8H,2-4,11H2,1H3. The molecule has 0 saturated heterocycles. The molecule has 5 heteroatoms. The van der Waals surface area contributed by atoms with Gasteiger partial charge in [-0.05, 0) is 25.5 Å². The zero-order valence-corrected chi connectivity index (χ0v) is 9.54. The molecule has 1 aromatic heterocycles. The van der Waals surface area contributed by atoms with Gasteiger partial charge in [-0.1, -0.05) is 0 Å². The van der Waals surface area contributed by atoms with Crippen molar-refractivity contribution in [2.75, 3.05) is 6.26 Å². The van der Waals surface area contributed by atoms with Crippen molar-refractivity contribution in [3.05, 3.63) is 12.4 Å². The molecule has 82 valence electrons. The normalized spacial score (nSPS) is 25.5. The highest BCUT2D eigenvalue weighted by Crippen LogP contribution is 2.23. The monoisotopic (exact) mass is 225 g/mol. The number of rotatable bonds is 3. The van der Waals surface area contributed by atoms with Crippen LogP contribution < -0.4 is 10.5 Å². The molecule has 1 aromatic rings. The van der Waals surface area contributed by atoms with Gasteiger partial charge in [0.25, 0.3) is 0 Å². The molecule has 0 aromatic carbocycles. The Balaban J connectivity index is 2.03. The van der Waals surface area contributed by atoms with E-state index in [1.54, 1.807) is 11.8 Å². The van der Waals surface area contributed by atoms with Crippen LogP contribution in [0, 0.1) is 0 Å². The molecule has 2 unspecified atom stereocenters. The zero-order chi connectivity index (χ0) is 10.7. The second kappa shape index (κ2) is 4.81. The van der Waals surface area contributed by atoms with Crippen LogP contribution in [-0.4, -0.2) is 28.4 Å². The summed E-state index contributed by atoms with van der Waals surface area (Å²) in [6.07, 6.45) is 6.85. The lowest BCUT2D eigenvalue weighted by Crippen LogP contribution is -2.33. The van der Waals surface area contributed by atoms with E-state index in [4.69, 9.17) is 10.5 Å². The molecular formula is C10H15N3OS. The number of thioether (sulfide) groups is 1. The Hall–Kier alpha value is -0.810. The fourth-order valence-corrected chi connectivity index (χ4v) is 2.13. The van der Waals surface area contributed by atoms with Gasteiger partial charge in [-0.2, -0.15) is 0 Å². The van der Waals surface area contributed by atoms with Gasteiger partial charge in [0.15, 0.2) is 0 Å². The van der Waals surface area contributed by atoms with Crippen LogP contribution in [0.15, 0.2) is 17.4 Å². The number of nitrogens with zero attached hydrogens (tertiary/aromatic N) is 2. The third-order valence-electron chi connectivity index (χ3n) is 2.60. The van der Waals surface area contributed by atoms with Gasteiger partial charge in [-0.3, -0.25) is 0 Å². The van der Waals surface area contributed by atoms with E-state index in [1.165, 1.54) is 6.33 Å². The highest BCUT2D eigenvalue weighted by atomic mass is 32.2. The van der Waals surface area contributed by atoms with Gasteiger partial charge >= 0.3 is 0 Å². The van der Waals surface area contributed by atoms with Gasteiger partial charge in [0.2, 0.25) is 5.88 Å². The third-order valence-corrected chi connectivity index (χ3v) is 3.24. The minimum Gasteiger partial charge on any atom is -0.473 e. The molecule has 0 bridgehead atoms. The highest BCUT2D eigenvalue weighted by Gasteiger charge is 2.25. The number of hydrogen-bond acceptors (Lipinski definition) is 5. The summed E-state index contributed by atoms with van der Waals surface area (Å²) in [7, 11) is 0. The fourth-order valence-electron chi connectivity index (χ4n) is 1.76. The van der Waals surface area contributed by atoms with Crippen LogP contribution in [-0.2, 0) is 0 Å². The van der Waals surface area contributed by atoms with Crippen LogP contribution in [0.25, 0.3) is 0 Å². The lowest BCUT2D eigenvalue weighted by Gasteiger charge is -2.16. The van der Waals surface area contributed by atoms with E-state index in [9.17, 15) is 0 Å². The van der Waals surface area contributed by atoms with Gasteiger partial charge < -0.3 is 10.5 Å². The SMILES string of the molecule is CSc1cc(OC2CCCC2N)ncn1. The molecule has 1 heterocycles.